The summed E-state index contributed by atoms with van der Waals surface area (Å²) in [6.07, 6.45) is 8.98. The molecule has 2 nitrogen and oxygen atoms in total. The maximum Gasteiger partial charge on any atom is 0.223 e. The molecule has 0 spiro atoms. The van der Waals surface area contributed by atoms with E-state index in [-0.39, 0.29) is 11.3 Å². The second-order valence-corrected chi connectivity index (χ2v) is 4.52. The molecule has 0 rings (SSSR count). The molecule has 90 valence electrons. The molecule has 0 aromatic rings. The SMILES string of the molecule is CCCCCCCC(CC)(CC)C(N)=O. The van der Waals surface area contributed by atoms with Crippen molar-refractivity contribution >= 4 is 5.91 Å². The van der Waals surface area contributed by atoms with Crippen LogP contribution in [0.25, 0.3) is 0 Å². The van der Waals surface area contributed by atoms with Gasteiger partial charge in [-0.25, -0.2) is 0 Å². The first-order chi connectivity index (χ1) is 7.13. The van der Waals surface area contributed by atoms with Gasteiger partial charge in [0, 0.05) is 5.41 Å². The van der Waals surface area contributed by atoms with E-state index in [1.165, 1.54) is 25.7 Å². The molecule has 0 aliphatic rings. The summed E-state index contributed by atoms with van der Waals surface area (Å²) >= 11 is 0. The Morgan fingerprint density at radius 1 is 1.00 bits per heavy atom. The van der Waals surface area contributed by atoms with Gasteiger partial charge in [-0.15, -0.1) is 0 Å². The van der Waals surface area contributed by atoms with Crippen molar-refractivity contribution in [1.29, 1.82) is 0 Å². The Morgan fingerprint density at radius 3 is 1.93 bits per heavy atom. The lowest BCUT2D eigenvalue weighted by molar-refractivity contribution is -0.128. The first kappa shape index (κ1) is 14.5. The number of unbranched alkanes of at least 4 members (excludes halogenated alkanes) is 4. The number of hydrogen-bond acceptors (Lipinski definition) is 1. The molecular formula is C13H27NO. The smallest absolute Gasteiger partial charge is 0.223 e. The molecular weight excluding hydrogens is 186 g/mol. The highest BCUT2D eigenvalue weighted by Gasteiger charge is 2.31. The molecule has 1 amide bonds. The topological polar surface area (TPSA) is 43.1 Å². The van der Waals surface area contributed by atoms with Gasteiger partial charge in [-0.2, -0.15) is 0 Å². The average molecular weight is 213 g/mol. The van der Waals surface area contributed by atoms with Crippen LogP contribution < -0.4 is 5.73 Å². The predicted molar refractivity (Wildman–Crippen MR) is 65.6 cm³/mol. The highest BCUT2D eigenvalue weighted by Crippen LogP contribution is 2.32. The van der Waals surface area contributed by atoms with Crippen molar-refractivity contribution in [3.63, 3.8) is 0 Å². The summed E-state index contributed by atoms with van der Waals surface area (Å²) < 4.78 is 0. The molecule has 0 saturated carbocycles. The summed E-state index contributed by atoms with van der Waals surface area (Å²) in [4.78, 5) is 11.4. The third-order valence-corrected chi connectivity index (χ3v) is 3.64. The fraction of sp³-hybridized carbons (Fsp3) is 0.923. The van der Waals surface area contributed by atoms with Crippen LogP contribution in [0.3, 0.4) is 0 Å². The van der Waals surface area contributed by atoms with Crippen molar-refractivity contribution in [2.24, 2.45) is 11.1 Å². The van der Waals surface area contributed by atoms with Crippen LogP contribution in [0.1, 0.15) is 72.1 Å². The van der Waals surface area contributed by atoms with Crippen LogP contribution in [0.15, 0.2) is 0 Å². The molecule has 15 heavy (non-hydrogen) atoms. The fourth-order valence-electron chi connectivity index (χ4n) is 2.14. The van der Waals surface area contributed by atoms with Crippen molar-refractivity contribution in [3.05, 3.63) is 0 Å². The van der Waals surface area contributed by atoms with Crippen molar-refractivity contribution in [2.45, 2.75) is 72.1 Å². The third-order valence-electron chi connectivity index (χ3n) is 3.64. The molecule has 0 heterocycles. The van der Waals surface area contributed by atoms with Gasteiger partial charge in [-0.05, 0) is 19.3 Å². The van der Waals surface area contributed by atoms with E-state index in [0.29, 0.717) is 0 Å². The average Bonchev–Trinajstić information content (AvgIpc) is 2.23. The van der Waals surface area contributed by atoms with E-state index in [1.807, 2.05) is 0 Å². The Morgan fingerprint density at radius 2 is 1.53 bits per heavy atom. The highest BCUT2D eigenvalue weighted by molar-refractivity contribution is 5.80. The molecule has 0 aromatic heterocycles. The van der Waals surface area contributed by atoms with E-state index < -0.39 is 0 Å². The largest absolute Gasteiger partial charge is 0.369 e. The third kappa shape index (κ3) is 4.67. The summed E-state index contributed by atoms with van der Waals surface area (Å²) in [7, 11) is 0. The van der Waals surface area contributed by atoms with E-state index in [1.54, 1.807) is 0 Å². The molecule has 0 radical (unpaired) electrons. The van der Waals surface area contributed by atoms with Gasteiger partial charge < -0.3 is 5.73 Å². The van der Waals surface area contributed by atoms with Crippen LogP contribution in [0.4, 0.5) is 0 Å². The van der Waals surface area contributed by atoms with E-state index in [0.717, 1.165) is 25.7 Å². The van der Waals surface area contributed by atoms with E-state index in [2.05, 4.69) is 20.8 Å². The van der Waals surface area contributed by atoms with Gasteiger partial charge in [0.15, 0.2) is 0 Å². The van der Waals surface area contributed by atoms with E-state index in [9.17, 15) is 4.79 Å². The van der Waals surface area contributed by atoms with Gasteiger partial charge in [0.2, 0.25) is 5.91 Å². The second kappa shape index (κ2) is 7.72. The summed E-state index contributed by atoms with van der Waals surface area (Å²) in [6, 6.07) is 0. The standard InChI is InChI=1S/C13H27NO/c1-4-7-8-9-10-11-13(5-2,6-3)12(14)15/h4-11H2,1-3H3,(H2,14,15). The van der Waals surface area contributed by atoms with Crippen LogP contribution in [0.2, 0.25) is 0 Å². The lowest BCUT2D eigenvalue weighted by atomic mass is 9.77. The number of carbonyl (C=O) groups excluding carboxylic acids is 1. The number of hydrogen-bond donors (Lipinski definition) is 1. The number of rotatable bonds is 9. The molecule has 0 bridgehead atoms. The van der Waals surface area contributed by atoms with Gasteiger partial charge in [-0.3, -0.25) is 4.79 Å². The summed E-state index contributed by atoms with van der Waals surface area (Å²) in [5.41, 5.74) is 5.26. The zero-order valence-corrected chi connectivity index (χ0v) is 10.6. The molecule has 0 fully saturated rings. The monoisotopic (exact) mass is 213 g/mol. The summed E-state index contributed by atoms with van der Waals surface area (Å²) in [5, 5.41) is 0. The molecule has 0 atom stereocenters. The van der Waals surface area contributed by atoms with Crippen LogP contribution >= 0.6 is 0 Å². The van der Waals surface area contributed by atoms with Crippen LogP contribution in [0, 0.1) is 5.41 Å². The molecule has 2 heteroatoms. The quantitative estimate of drug-likeness (QED) is 0.584. The summed E-state index contributed by atoms with van der Waals surface area (Å²) in [6.45, 7) is 6.35. The lowest BCUT2D eigenvalue weighted by Gasteiger charge is -2.27. The minimum Gasteiger partial charge on any atom is -0.369 e. The Labute approximate surface area is 94.6 Å². The Balaban J connectivity index is 3.91. The molecule has 0 unspecified atom stereocenters. The Kier molecular flexibility index (Phi) is 7.45. The normalized spacial score (nSPS) is 11.7. The first-order valence-electron chi connectivity index (χ1n) is 6.42. The number of amides is 1. The van der Waals surface area contributed by atoms with Gasteiger partial charge in [0.1, 0.15) is 0 Å². The fourth-order valence-corrected chi connectivity index (χ4v) is 2.14. The van der Waals surface area contributed by atoms with Crippen LogP contribution in [-0.4, -0.2) is 5.91 Å². The minimum atomic E-state index is -0.230. The zero-order valence-electron chi connectivity index (χ0n) is 10.6. The number of primary amides is 1. The molecule has 0 aliphatic carbocycles. The maximum absolute atomic E-state index is 11.4. The second-order valence-electron chi connectivity index (χ2n) is 4.52. The molecule has 2 N–H and O–H groups in total. The van der Waals surface area contributed by atoms with Crippen molar-refractivity contribution < 1.29 is 4.79 Å². The predicted octanol–water partition coefficient (Wildman–Crippen LogP) is 3.64. The van der Waals surface area contributed by atoms with Crippen molar-refractivity contribution in [1.82, 2.24) is 0 Å². The molecule has 0 saturated heterocycles. The van der Waals surface area contributed by atoms with Gasteiger partial charge in [-0.1, -0.05) is 52.9 Å². The molecule has 0 aromatic carbocycles. The van der Waals surface area contributed by atoms with Crippen LogP contribution in [-0.2, 0) is 4.79 Å². The maximum atomic E-state index is 11.4. The summed E-state index contributed by atoms with van der Waals surface area (Å²) in [5.74, 6) is -0.108. The first-order valence-corrected chi connectivity index (χ1v) is 6.42. The van der Waals surface area contributed by atoms with Gasteiger partial charge in [0.25, 0.3) is 0 Å². The Bertz CT molecular complexity index is 173. The number of carbonyl (C=O) groups is 1. The van der Waals surface area contributed by atoms with Crippen LogP contribution in [0.5, 0.6) is 0 Å². The van der Waals surface area contributed by atoms with Crippen molar-refractivity contribution in [2.75, 3.05) is 0 Å². The van der Waals surface area contributed by atoms with E-state index in [4.69, 9.17) is 5.73 Å². The Hall–Kier alpha value is -0.530. The van der Waals surface area contributed by atoms with E-state index >= 15 is 0 Å². The minimum absolute atomic E-state index is 0.108. The van der Waals surface area contributed by atoms with Gasteiger partial charge >= 0.3 is 0 Å². The molecule has 0 aliphatic heterocycles. The van der Waals surface area contributed by atoms with Gasteiger partial charge in [0.05, 0.1) is 0 Å². The number of nitrogens with two attached hydrogens (primary N) is 1. The zero-order chi connectivity index (χ0) is 11.7. The van der Waals surface area contributed by atoms with Crippen molar-refractivity contribution in [3.8, 4) is 0 Å². The highest BCUT2D eigenvalue weighted by atomic mass is 16.1. The lowest BCUT2D eigenvalue weighted by Crippen LogP contribution is -2.36.